The van der Waals surface area contributed by atoms with Gasteiger partial charge in [-0.15, -0.1) is 0 Å². The molecule has 2 saturated heterocycles. The molecule has 21 heavy (non-hydrogen) atoms. The highest BCUT2D eigenvalue weighted by atomic mass is 16.5. The quantitative estimate of drug-likeness (QED) is 0.899. The van der Waals surface area contributed by atoms with E-state index in [1.54, 1.807) is 6.26 Å². The average Bonchev–Trinajstić information content (AvgIpc) is 3.14. The number of carbonyl (C=O) groups excluding carboxylic acids is 1. The number of likely N-dealkylation sites (tertiary alicyclic amines) is 1. The maximum absolute atomic E-state index is 12.0. The summed E-state index contributed by atoms with van der Waals surface area (Å²) < 4.78 is 10.7. The average molecular weight is 292 g/mol. The third-order valence-corrected chi connectivity index (χ3v) is 4.41. The van der Waals surface area contributed by atoms with E-state index < -0.39 is 0 Å². The summed E-state index contributed by atoms with van der Waals surface area (Å²) in [6.07, 6.45) is 5.40. The van der Waals surface area contributed by atoms with E-state index in [2.05, 4.69) is 10.2 Å². The van der Waals surface area contributed by atoms with Gasteiger partial charge in [0.05, 0.1) is 12.8 Å². The van der Waals surface area contributed by atoms with E-state index in [4.69, 9.17) is 9.15 Å². The fourth-order valence-corrected chi connectivity index (χ4v) is 3.15. The number of nitrogens with one attached hydrogen (secondary N) is 1. The van der Waals surface area contributed by atoms with E-state index >= 15 is 0 Å². The largest absolute Gasteiger partial charge is 0.468 e. The van der Waals surface area contributed by atoms with Crippen LogP contribution in [0.3, 0.4) is 0 Å². The monoisotopic (exact) mass is 292 g/mol. The highest BCUT2D eigenvalue weighted by Gasteiger charge is 2.24. The normalized spacial score (nSPS) is 24.3. The fourth-order valence-electron chi connectivity index (χ4n) is 3.15. The van der Waals surface area contributed by atoms with E-state index in [1.165, 1.54) is 0 Å². The number of hydrogen-bond acceptors (Lipinski definition) is 4. The van der Waals surface area contributed by atoms with Crippen LogP contribution < -0.4 is 5.32 Å². The number of hydrogen-bond donors (Lipinski definition) is 1. The third kappa shape index (κ3) is 4.32. The fraction of sp³-hybridized carbons (Fsp3) is 0.688. The number of piperidine rings is 1. The van der Waals surface area contributed by atoms with E-state index in [0.29, 0.717) is 18.4 Å². The highest BCUT2D eigenvalue weighted by molar-refractivity contribution is 5.76. The lowest BCUT2D eigenvalue weighted by atomic mass is 10.0. The molecule has 1 aromatic rings. The minimum absolute atomic E-state index is 0.190. The topological polar surface area (TPSA) is 54.7 Å². The van der Waals surface area contributed by atoms with Crippen LogP contribution in [0.4, 0.5) is 0 Å². The lowest BCUT2D eigenvalue weighted by Gasteiger charge is -2.31. The molecule has 0 spiro atoms. The van der Waals surface area contributed by atoms with E-state index in [-0.39, 0.29) is 5.91 Å². The van der Waals surface area contributed by atoms with Gasteiger partial charge in [0.25, 0.3) is 0 Å². The standard InChI is InChI=1S/C16H24N2O3/c19-16(10-13-5-9-20-12-13)17-14-3-6-18(7-4-14)11-15-2-1-8-21-15/h1-2,8,13-14H,3-7,9-12H2,(H,17,19)/t13-/m1/s1. The Hall–Kier alpha value is -1.33. The first kappa shape index (κ1) is 14.6. The van der Waals surface area contributed by atoms with E-state index in [9.17, 15) is 4.79 Å². The van der Waals surface area contributed by atoms with Crippen LogP contribution in [0.25, 0.3) is 0 Å². The predicted octanol–water partition coefficient (Wildman–Crippen LogP) is 1.79. The van der Waals surface area contributed by atoms with Crippen LogP contribution in [0.5, 0.6) is 0 Å². The summed E-state index contributed by atoms with van der Waals surface area (Å²) in [5.74, 6) is 1.62. The Morgan fingerprint density at radius 3 is 2.86 bits per heavy atom. The second-order valence-electron chi connectivity index (χ2n) is 6.13. The van der Waals surface area contributed by atoms with Crippen molar-refractivity contribution in [2.24, 2.45) is 5.92 Å². The van der Waals surface area contributed by atoms with Crippen molar-refractivity contribution in [1.29, 1.82) is 0 Å². The summed E-state index contributed by atoms with van der Waals surface area (Å²) in [7, 11) is 0. The first-order valence-corrected chi connectivity index (χ1v) is 7.91. The van der Waals surface area contributed by atoms with Crippen LogP contribution in [0, 0.1) is 5.92 Å². The molecule has 1 N–H and O–H groups in total. The van der Waals surface area contributed by atoms with Crippen molar-refractivity contribution in [1.82, 2.24) is 10.2 Å². The minimum atomic E-state index is 0.190. The number of carbonyl (C=O) groups is 1. The second kappa shape index (κ2) is 7.09. The molecule has 2 aliphatic rings. The molecule has 0 radical (unpaired) electrons. The molecule has 3 heterocycles. The van der Waals surface area contributed by atoms with E-state index in [1.807, 2.05) is 12.1 Å². The van der Waals surface area contributed by atoms with Gasteiger partial charge in [0, 0.05) is 38.8 Å². The molecule has 5 nitrogen and oxygen atoms in total. The van der Waals surface area contributed by atoms with Gasteiger partial charge in [-0.05, 0) is 37.3 Å². The number of nitrogens with zero attached hydrogens (tertiary/aromatic N) is 1. The maximum Gasteiger partial charge on any atom is 0.220 e. The van der Waals surface area contributed by atoms with Gasteiger partial charge in [-0.3, -0.25) is 9.69 Å². The molecule has 0 saturated carbocycles. The molecule has 1 aromatic heterocycles. The maximum atomic E-state index is 12.0. The van der Waals surface area contributed by atoms with Crippen LogP contribution in [0.1, 0.15) is 31.4 Å². The summed E-state index contributed by atoms with van der Waals surface area (Å²) >= 11 is 0. The van der Waals surface area contributed by atoms with Gasteiger partial charge in [0.1, 0.15) is 5.76 Å². The molecule has 2 aliphatic heterocycles. The van der Waals surface area contributed by atoms with Crippen molar-refractivity contribution in [2.75, 3.05) is 26.3 Å². The lowest BCUT2D eigenvalue weighted by Crippen LogP contribution is -2.44. The van der Waals surface area contributed by atoms with Gasteiger partial charge in [0.2, 0.25) is 5.91 Å². The molecular weight excluding hydrogens is 268 g/mol. The molecule has 5 heteroatoms. The summed E-state index contributed by atoms with van der Waals surface area (Å²) in [4.78, 5) is 14.4. The highest BCUT2D eigenvalue weighted by Crippen LogP contribution is 2.18. The van der Waals surface area contributed by atoms with Gasteiger partial charge >= 0.3 is 0 Å². The summed E-state index contributed by atoms with van der Waals surface area (Å²) in [6.45, 7) is 4.45. The van der Waals surface area contributed by atoms with Crippen molar-refractivity contribution in [3.05, 3.63) is 24.2 Å². The van der Waals surface area contributed by atoms with Crippen LogP contribution in [0.2, 0.25) is 0 Å². The number of rotatable bonds is 5. The number of amides is 1. The number of ether oxygens (including phenoxy) is 1. The van der Waals surface area contributed by atoms with Crippen molar-refractivity contribution >= 4 is 5.91 Å². The summed E-state index contributed by atoms with van der Waals surface area (Å²) in [5, 5.41) is 3.18. The smallest absolute Gasteiger partial charge is 0.220 e. The zero-order chi connectivity index (χ0) is 14.5. The van der Waals surface area contributed by atoms with Gasteiger partial charge in [0.15, 0.2) is 0 Å². The Morgan fingerprint density at radius 1 is 1.33 bits per heavy atom. The SMILES string of the molecule is O=C(C[C@H]1CCOC1)NC1CCN(Cc2ccco2)CC1. The molecule has 0 aromatic carbocycles. The molecule has 1 amide bonds. The summed E-state index contributed by atoms with van der Waals surface area (Å²) in [6, 6.07) is 4.26. The van der Waals surface area contributed by atoms with Gasteiger partial charge in [-0.1, -0.05) is 0 Å². The van der Waals surface area contributed by atoms with Crippen LogP contribution in [-0.2, 0) is 16.1 Å². The van der Waals surface area contributed by atoms with Crippen molar-refractivity contribution in [3.8, 4) is 0 Å². The number of furan rings is 1. The molecule has 0 aliphatic carbocycles. The predicted molar refractivity (Wildman–Crippen MR) is 78.7 cm³/mol. The lowest BCUT2D eigenvalue weighted by molar-refractivity contribution is -0.123. The summed E-state index contributed by atoms with van der Waals surface area (Å²) in [5.41, 5.74) is 0. The van der Waals surface area contributed by atoms with Gasteiger partial charge in [-0.2, -0.15) is 0 Å². The Bertz CT molecular complexity index is 432. The molecule has 2 fully saturated rings. The zero-order valence-electron chi connectivity index (χ0n) is 12.4. The van der Waals surface area contributed by atoms with Gasteiger partial charge in [-0.25, -0.2) is 0 Å². The molecule has 0 bridgehead atoms. The minimum Gasteiger partial charge on any atom is -0.468 e. The molecule has 1 atom stereocenters. The van der Waals surface area contributed by atoms with Crippen molar-refractivity contribution in [3.63, 3.8) is 0 Å². The third-order valence-electron chi connectivity index (χ3n) is 4.41. The molecule has 116 valence electrons. The van der Waals surface area contributed by atoms with Crippen molar-refractivity contribution in [2.45, 2.75) is 38.3 Å². The first-order chi connectivity index (χ1) is 10.3. The Balaban J connectivity index is 1.36. The zero-order valence-corrected chi connectivity index (χ0v) is 12.4. The molecular formula is C16H24N2O3. The molecule has 3 rings (SSSR count). The molecule has 0 unspecified atom stereocenters. The van der Waals surface area contributed by atoms with Crippen LogP contribution in [-0.4, -0.2) is 43.2 Å². The second-order valence-corrected chi connectivity index (χ2v) is 6.13. The van der Waals surface area contributed by atoms with Gasteiger partial charge < -0.3 is 14.5 Å². The van der Waals surface area contributed by atoms with Crippen LogP contribution >= 0.6 is 0 Å². The van der Waals surface area contributed by atoms with E-state index in [0.717, 1.165) is 57.9 Å². The Labute approximate surface area is 125 Å². The Kier molecular flexibility index (Phi) is 4.93. The van der Waals surface area contributed by atoms with Crippen LogP contribution in [0.15, 0.2) is 22.8 Å². The Morgan fingerprint density at radius 2 is 2.19 bits per heavy atom. The first-order valence-electron chi connectivity index (χ1n) is 7.91. The van der Waals surface area contributed by atoms with Crippen molar-refractivity contribution < 1.29 is 13.9 Å².